The van der Waals surface area contributed by atoms with E-state index in [0.717, 1.165) is 0 Å². The maximum Gasteiger partial charge on any atom is 0.328 e. The number of nitrogens with zero attached hydrogens (tertiary/aromatic N) is 1. The third kappa shape index (κ3) is 2.15. The van der Waals surface area contributed by atoms with Crippen LogP contribution < -0.4 is 5.73 Å². The number of carboxylic acid groups (broad SMARTS) is 1. The molecular weight excluding hydrogens is 318 g/mol. The summed E-state index contributed by atoms with van der Waals surface area (Å²) in [7, 11) is 0. The number of hydrogen-bond acceptors (Lipinski definition) is 3. The molecule has 0 aliphatic rings. The van der Waals surface area contributed by atoms with E-state index in [1.807, 2.05) is 22.6 Å². The molecule has 76 valence electrons. The SMILES string of the molecule is C[C@](N)(C(=O)O)c1cnc(Cl)cc1I. The topological polar surface area (TPSA) is 76.2 Å². The second-order valence-electron chi connectivity index (χ2n) is 2.99. The second-order valence-corrected chi connectivity index (χ2v) is 4.54. The van der Waals surface area contributed by atoms with Gasteiger partial charge in [0.05, 0.1) is 0 Å². The van der Waals surface area contributed by atoms with Crippen LogP contribution in [0.1, 0.15) is 12.5 Å². The number of halogens is 2. The van der Waals surface area contributed by atoms with Crippen LogP contribution in [0.2, 0.25) is 5.15 Å². The van der Waals surface area contributed by atoms with Crippen LogP contribution in [0, 0.1) is 3.57 Å². The van der Waals surface area contributed by atoms with E-state index in [0.29, 0.717) is 14.3 Å². The van der Waals surface area contributed by atoms with Crippen molar-refractivity contribution in [2.75, 3.05) is 0 Å². The maximum absolute atomic E-state index is 10.9. The highest BCUT2D eigenvalue weighted by atomic mass is 127. The zero-order valence-corrected chi connectivity index (χ0v) is 10.2. The third-order valence-corrected chi connectivity index (χ3v) is 2.92. The Balaban J connectivity index is 3.26. The van der Waals surface area contributed by atoms with Crippen molar-refractivity contribution in [2.24, 2.45) is 5.73 Å². The van der Waals surface area contributed by atoms with Gasteiger partial charge in [0.25, 0.3) is 0 Å². The summed E-state index contributed by atoms with van der Waals surface area (Å²) in [6.45, 7) is 1.42. The largest absolute Gasteiger partial charge is 0.480 e. The molecule has 0 radical (unpaired) electrons. The highest BCUT2D eigenvalue weighted by molar-refractivity contribution is 14.1. The fourth-order valence-corrected chi connectivity index (χ4v) is 2.24. The Hall–Kier alpha value is -0.400. The fourth-order valence-electron chi connectivity index (χ4n) is 0.905. The number of carbonyl (C=O) groups is 1. The lowest BCUT2D eigenvalue weighted by molar-refractivity contribution is -0.143. The predicted molar refractivity (Wildman–Crippen MR) is 61.1 cm³/mol. The van der Waals surface area contributed by atoms with E-state index >= 15 is 0 Å². The van der Waals surface area contributed by atoms with E-state index in [4.69, 9.17) is 22.4 Å². The molecule has 0 saturated carbocycles. The molecule has 0 aliphatic heterocycles. The quantitative estimate of drug-likeness (QED) is 0.639. The molecule has 1 heterocycles. The summed E-state index contributed by atoms with van der Waals surface area (Å²) in [5.74, 6) is -1.10. The van der Waals surface area contributed by atoms with Crippen molar-refractivity contribution in [1.82, 2.24) is 4.98 Å². The standard InChI is InChI=1S/C8H8ClIN2O2/c1-8(11,7(13)14)4-3-12-6(9)2-5(4)10/h2-3H,11H2,1H3,(H,13,14)/t8-/m1/s1. The molecule has 14 heavy (non-hydrogen) atoms. The Bertz CT molecular complexity index is 382. The number of hydrogen-bond donors (Lipinski definition) is 2. The van der Waals surface area contributed by atoms with Gasteiger partial charge in [-0.3, -0.25) is 0 Å². The van der Waals surface area contributed by atoms with Crippen molar-refractivity contribution in [3.05, 3.63) is 26.5 Å². The van der Waals surface area contributed by atoms with Crippen molar-refractivity contribution in [2.45, 2.75) is 12.5 Å². The minimum Gasteiger partial charge on any atom is -0.480 e. The molecule has 0 bridgehead atoms. The number of pyridine rings is 1. The minimum atomic E-state index is -1.44. The summed E-state index contributed by atoms with van der Waals surface area (Å²) in [4.78, 5) is 14.7. The van der Waals surface area contributed by atoms with Gasteiger partial charge in [-0.2, -0.15) is 0 Å². The Kier molecular flexibility index (Phi) is 3.33. The Labute approximate surface area is 99.6 Å². The van der Waals surface area contributed by atoms with Crippen LogP contribution in [-0.2, 0) is 10.3 Å². The maximum atomic E-state index is 10.9. The van der Waals surface area contributed by atoms with Crippen LogP contribution in [-0.4, -0.2) is 16.1 Å². The van der Waals surface area contributed by atoms with Crippen molar-refractivity contribution in [1.29, 1.82) is 0 Å². The summed E-state index contributed by atoms with van der Waals surface area (Å²) in [5.41, 5.74) is 4.66. The summed E-state index contributed by atoms with van der Waals surface area (Å²) in [6, 6.07) is 1.57. The van der Waals surface area contributed by atoms with Crippen LogP contribution in [0.4, 0.5) is 0 Å². The van der Waals surface area contributed by atoms with Gasteiger partial charge in [-0.1, -0.05) is 11.6 Å². The van der Waals surface area contributed by atoms with E-state index in [1.54, 1.807) is 6.07 Å². The highest BCUT2D eigenvalue weighted by Gasteiger charge is 2.32. The molecule has 0 spiro atoms. The minimum absolute atomic E-state index is 0.319. The molecule has 1 aromatic rings. The Morgan fingerprint density at radius 3 is 2.79 bits per heavy atom. The molecule has 0 saturated heterocycles. The van der Waals surface area contributed by atoms with Crippen LogP contribution in [0.15, 0.2) is 12.3 Å². The molecule has 0 aromatic carbocycles. The lowest BCUT2D eigenvalue weighted by atomic mass is 9.95. The molecule has 0 aliphatic carbocycles. The molecule has 0 fully saturated rings. The van der Waals surface area contributed by atoms with Gasteiger partial charge < -0.3 is 10.8 Å². The number of aromatic nitrogens is 1. The highest BCUT2D eigenvalue weighted by Crippen LogP contribution is 2.24. The summed E-state index contributed by atoms with van der Waals surface area (Å²) < 4.78 is 0.690. The summed E-state index contributed by atoms with van der Waals surface area (Å²) >= 11 is 7.62. The molecule has 6 heteroatoms. The number of rotatable bonds is 2. The lowest BCUT2D eigenvalue weighted by Crippen LogP contribution is -2.42. The molecule has 4 nitrogen and oxygen atoms in total. The first-order valence-corrected chi connectivity index (χ1v) is 5.15. The van der Waals surface area contributed by atoms with Crippen molar-refractivity contribution >= 4 is 40.2 Å². The molecule has 3 N–H and O–H groups in total. The molecule has 0 amide bonds. The van der Waals surface area contributed by atoms with Gasteiger partial charge in [-0.25, -0.2) is 9.78 Å². The van der Waals surface area contributed by atoms with E-state index in [-0.39, 0.29) is 0 Å². The van der Waals surface area contributed by atoms with Crippen molar-refractivity contribution < 1.29 is 9.90 Å². The van der Waals surface area contributed by atoms with E-state index < -0.39 is 11.5 Å². The van der Waals surface area contributed by atoms with Gasteiger partial charge in [0, 0.05) is 15.3 Å². The molecule has 1 atom stereocenters. The van der Waals surface area contributed by atoms with Gasteiger partial charge in [-0.15, -0.1) is 0 Å². The normalized spacial score (nSPS) is 14.9. The average Bonchev–Trinajstić information content (AvgIpc) is 2.02. The van der Waals surface area contributed by atoms with E-state index in [1.165, 1.54) is 13.1 Å². The zero-order chi connectivity index (χ0) is 10.9. The van der Waals surface area contributed by atoms with Crippen molar-refractivity contribution in [3.8, 4) is 0 Å². The predicted octanol–water partition coefficient (Wildman–Crippen LogP) is 1.60. The number of carboxylic acids is 1. The first kappa shape index (κ1) is 11.7. The van der Waals surface area contributed by atoms with Crippen LogP contribution in [0.3, 0.4) is 0 Å². The molecule has 0 unspecified atom stereocenters. The van der Waals surface area contributed by atoms with Crippen LogP contribution in [0.25, 0.3) is 0 Å². The van der Waals surface area contributed by atoms with Gasteiger partial charge in [0.15, 0.2) is 0 Å². The molecule has 1 rings (SSSR count). The first-order chi connectivity index (χ1) is 6.35. The summed E-state index contributed by atoms with van der Waals surface area (Å²) in [5, 5.41) is 9.22. The zero-order valence-electron chi connectivity index (χ0n) is 7.29. The second kappa shape index (κ2) is 4.00. The number of nitrogens with two attached hydrogens (primary N) is 1. The molecule has 1 aromatic heterocycles. The Morgan fingerprint density at radius 1 is 1.79 bits per heavy atom. The van der Waals surface area contributed by atoms with E-state index in [2.05, 4.69) is 4.98 Å². The van der Waals surface area contributed by atoms with Gasteiger partial charge in [-0.05, 0) is 35.6 Å². The summed E-state index contributed by atoms with van der Waals surface area (Å²) in [6.07, 6.45) is 1.39. The smallest absolute Gasteiger partial charge is 0.328 e. The lowest BCUT2D eigenvalue weighted by Gasteiger charge is -2.20. The molecular formula is C8H8ClIN2O2. The first-order valence-electron chi connectivity index (χ1n) is 3.69. The average molecular weight is 327 g/mol. The van der Waals surface area contributed by atoms with Gasteiger partial charge in [0.2, 0.25) is 0 Å². The van der Waals surface area contributed by atoms with Crippen LogP contribution in [0.5, 0.6) is 0 Å². The monoisotopic (exact) mass is 326 g/mol. The van der Waals surface area contributed by atoms with Crippen LogP contribution >= 0.6 is 34.2 Å². The van der Waals surface area contributed by atoms with Gasteiger partial charge >= 0.3 is 5.97 Å². The number of aliphatic carboxylic acids is 1. The van der Waals surface area contributed by atoms with E-state index in [9.17, 15) is 4.79 Å². The fraction of sp³-hybridized carbons (Fsp3) is 0.250. The Morgan fingerprint density at radius 2 is 2.36 bits per heavy atom. The third-order valence-electron chi connectivity index (χ3n) is 1.82. The van der Waals surface area contributed by atoms with Crippen molar-refractivity contribution in [3.63, 3.8) is 0 Å². The van der Waals surface area contributed by atoms with Gasteiger partial charge in [0.1, 0.15) is 10.7 Å².